The molecule has 0 spiro atoms. The van der Waals surface area contributed by atoms with Crippen molar-refractivity contribution in [2.75, 3.05) is 18.4 Å². The third-order valence-electron chi connectivity index (χ3n) is 5.23. The van der Waals surface area contributed by atoms with E-state index in [4.69, 9.17) is 4.74 Å². The van der Waals surface area contributed by atoms with Crippen molar-refractivity contribution in [3.63, 3.8) is 0 Å². The number of carbonyl (C=O) groups is 2. The first-order valence-electron chi connectivity index (χ1n) is 10.7. The van der Waals surface area contributed by atoms with Crippen LogP contribution in [0.1, 0.15) is 45.6 Å². The molecule has 0 aliphatic carbocycles. The molecule has 7 heteroatoms. The zero-order valence-electron chi connectivity index (χ0n) is 18.5. The number of hydrogen-bond donors (Lipinski definition) is 1. The van der Waals surface area contributed by atoms with Gasteiger partial charge < -0.3 is 19.5 Å². The second-order valence-corrected chi connectivity index (χ2v) is 9.03. The van der Waals surface area contributed by atoms with Gasteiger partial charge in [-0.15, -0.1) is 0 Å². The van der Waals surface area contributed by atoms with E-state index in [1.165, 1.54) is 6.07 Å². The van der Waals surface area contributed by atoms with Gasteiger partial charge in [-0.25, -0.2) is 4.79 Å². The fraction of sp³-hybridized carbons (Fsp3) is 0.458. The van der Waals surface area contributed by atoms with Crippen molar-refractivity contribution in [1.82, 2.24) is 9.47 Å². The van der Waals surface area contributed by atoms with Crippen molar-refractivity contribution < 1.29 is 14.3 Å². The maximum absolute atomic E-state index is 12.4. The number of anilines is 1. The van der Waals surface area contributed by atoms with Gasteiger partial charge in [0.05, 0.1) is 6.54 Å². The smallest absolute Gasteiger partial charge is 0.410 e. The molecule has 1 aromatic carbocycles. The molecule has 0 atom stereocenters. The zero-order chi connectivity index (χ0) is 22.4. The number of benzene rings is 1. The van der Waals surface area contributed by atoms with Crippen LogP contribution in [0.5, 0.6) is 0 Å². The first-order valence-corrected chi connectivity index (χ1v) is 10.7. The normalized spacial score (nSPS) is 14.9. The Kier molecular flexibility index (Phi) is 7.15. The second kappa shape index (κ2) is 9.81. The Labute approximate surface area is 183 Å². The Balaban J connectivity index is 1.44. The number of ether oxygens (including phenoxy) is 1. The van der Waals surface area contributed by atoms with Crippen molar-refractivity contribution in [3.05, 3.63) is 64.6 Å². The zero-order valence-corrected chi connectivity index (χ0v) is 18.5. The van der Waals surface area contributed by atoms with E-state index in [9.17, 15) is 14.4 Å². The maximum Gasteiger partial charge on any atom is 0.410 e. The van der Waals surface area contributed by atoms with E-state index in [1.807, 2.05) is 51.1 Å². The Morgan fingerprint density at radius 3 is 2.35 bits per heavy atom. The largest absolute Gasteiger partial charge is 0.444 e. The average Bonchev–Trinajstić information content (AvgIpc) is 2.70. The minimum atomic E-state index is -0.500. The van der Waals surface area contributed by atoms with Crippen molar-refractivity contribution in [3.8, 4) is 0 Å². The minimum absolute atomic E-state index is 0.0252. The average molecular weight is 426 g/mol. The van der Waals surface area contributed by atoms with E-state index < -0.39 is 5.60 Å². The molecular weight excluding hydrogens is 394 g/mol. The van der Waals surface area contributed by atoms with Crippen LogP contribution in [-0.4, -0.2) is 40.2 Å². The summed E-state index contributed by atoms with van der Waals surface area (Å²) >= 11 is 0. The molecule has 1 aliphatic rings. The number of amides is 2. The summed E-state index contributed by atoms with van der Waals surface area (Å²) < 4.78 is 7.05. The van der Waals surface area contributed by atoms with Crippen LogP contribution < -0.4 is 10.9 Å². The van der Waals surface area contributed by atoms with E-state index in [0.717, 1.165) is 24.1 Å². The van der Waals surface area contributed by atoms with Gasteiger partial charge in [0.25, 0.3) is 5.56 Å². The lowest BCUT2D eigenvalue weighted by Gasteiger charge is -2.33. The number of rotatable bonds is 5. The molecule has 3 rings (SSSR count). The van der Waals surface area contributed by atoms with Crippen LogP contribution in [0.15, 0.2) is 53.5 Å². The van der Waals surface area contributed by atoms with Gasteiger partial charge >= 0.3 is 6.09 Å². The van der Waals surface area contributed by atoms with Crippen molar-refractivity contribution in [2.45, 2.75) is 52.2 Å². The highest BCUT2D eigenvalue weighted by molar-refractivity contribution is 5.90. The monoisotopic (exact) mass is 425 g/mol. The Morgan fingerprint density at radius 1 is 1.06 bits per heavy atom. The van der Waals surface area contributed by atoms with Gasteiger partial charge in [-0.05, 0) is 63.3 Å². The van der Waals surface area contributed by atoms with Gasteiger partial charge in [0.15, 0.2) is 0 Å². The summed E-state index contributed by atoms with van der Waals surface area (Å²) in [6.45, 7) is 7.28. The van der Waals surface area contributed by atoms with Crippen LogP contribution in [0.4, 0.5) is 10.5 Å². The topological polar surface area (TPSA) is 80.6 Å². The van der Waals surface area contributed by atoms with E-state index in [0.29, 0.717) is 26.1 Å². The predicted molar refractivity (Wildman–Crippen MR) is 120 cm³/mol. The highest BCUT2D eigenvalue weighted by atomic mass is 16.6. The van der Waals surface area contributed by atoms with Gasteiger partial charge in [-0.1, -0.05) is 18.2 Å². The summed E-state index contributed by atoms with van der Waals surface area (Å²) in [6, 6.07) is 12.6. The molecule has 0 bridgehead atoms. The van der Waals surface area contributed by atoms with Gasteiger partial charge in [-0.3, -0.25) is 9.59 Å². The quantitative estimate of drug-likeness (QED) is 0.789. The van der Waals surface area contributed by atoms with E-state index in [-0.39, 0.29) is 23.5 Å². The molecule has 1 aromatic heterocycles. The molecule has 0 radical (unpaired) electrons. The second-order valence-electron chi connectivity index (χ2n) is 9.03. The summed E-state index contributed by atoms with van der Waals surface area (Å²) in [7, 11) is 0. The summed E-state index contributed by atoms with van der Waals surface area (Å²) in [5, 5.41) is 2.94. The first-order chi connectivity index (χ1) is 14.7. The predicted octanol–water partition coefficient (Wildman–Crippen LogP) is 3.87. The molecule has 0 saturated carbocycles. The molecule has 0 unspecified atom stereocenters. The summed E-state index contributed by atoms with van der Waals surface area (Å²) in [6.07, 6.45) is 3.48. The molecule has 2 amide bonds. The van der Waals surface area contributed by atoms with Gasteiger partial charge in [0, 0.05) is 37.5 Å². The molecule has 1 saturated heterocycles. The van der Waals surface area contributed by atoms with Crippen LogP contribution >= 0.6 is 0 Å². The van der Waals surface area contributed by atoms with Crippen LogP contribution in [-0.2, 0) is 16.1 Å². The van der Waals surface area contributed by atoms with E-state index in [2.05, 4.69) is 5.32 Å². The fourth-order valence-electron chi connectivity index (χ4n) is 3.60. The third-order valence-corrected chi connectivity index (χ3v) is 5.23. The summed E-state index contributed by atoms with van der Waals surface area (Å²) in [5.41, 5.74) is 1.18. The lowest BCUT2D eigenvalue weighted by molar-refractivity contribution is -0.117. The Bertz CT molecular complexity index is 952. The highest BCUT2D eigenvalue weighted by Crippen LogP contribution is 2.23. The molecule has 1 aliphatic heterocycles. The number of carbonyl (C=O) groups excluding carboxylic acids is 2. The SMILES string of the molecule is CC(C)(C)OC(=O)N1CCC(CC(=O)Nc2ccc(Cn3ccccc3=O)cc2)CC1. The highest BCUT2D eigenvalue weighted by Gasteiger charge is 2.27. The molecule has 1 N–H and O–H groups in total. The first kappa shape index (κ1) is 22.6. The number of aromatic nitrogens is 1. The number of piperidine rings is 1. The number of pyridine rings is 1. The van der Waals surface area contributed by atoms with Crippen molar-refractivity contribution in [1.29, 1.82) is 0 Å². The molecule has 31 heavy (non-hydrogen) atoms. The van der Waals surface area contributed by atoms with Gasteiger partial charge in [-0.2, -0.15) is 0 Å². The third kappa shape index (κ3) is 6.98. The number of hydrogen-bond acceptors (Lipinski definition) is 4. The van der Waals surface area contributed by atoms with E-state index >= 15 is 0 Å². The minimum Gasteiger partial charge on any atom is -0.444 e. The lowest BCUT2D eigenvalue weighted by atomic mass is 9.93. The van der Waals surface area contributed by atoms with Crippen LogP contribution in [0.25, 0.3) is 0 Å². The Hall–Kier alpha value is -3.09. The Morgan fingerprint density at radius 2 is 1.74 bits per heavy atom. The molecular formula is C24H31N3O4. The number of nitrogens with one attached hydrogen (secondary N) is 1. The maximum atomic E-state index is 12.4. The number of nitrogens with zero attached hydrogens (tertiary/aromatic N) is 2. The summed E-state index contributed by atoms with van der Waals surface area (Å²) in [4.78, 5) is 38.1. The molecule has 166 valence electrons. The molecule has 7 nitrogen and oxygen atoms in total. The lowest BCUT2D eigenvalue weighted by Crippen LogP contribution is -2.42. The van der Waals surface area contributed by atoms with Crippen LogP contribution in [0, 0.1) is 5.92 Å². The van der Waals surface area contributed by atoms with Crippen molar-refractivity contribution >= 4 is 17.7 Å². The molecule has 1 fully saturated rings. The van der Waals surface area contributed by atoms with Crippen LogP contribution in [0.3, 0.4) is 0 Å². The van der Waals surface area contributed by atoms with E-state index in [1.54, 1.807) is 21.7 Å². The summed E-state index contributed by atoms with van der Waals surface area (Å²) in [5.74, 6) is 0.227. The van der Waals surface area contributed by atoms with Crippen LogP contribution in [0.2, 0.25) is 0 Å². The van der Waals surface area contributed by atoms with Gasteiger partial charge in [0.1, 0.15) is 5.60 Å². The van der Waals surface area contributed by atoms with Crippen molar-refractivity contribution in [2.24, 2.45) is 5.92 Å². The number of likely N-dealkylation sites (tertiary alicyclic amines) is 1. The van der Waals surface area contributed by atoms with Gasteiger partial charge in [0.2, 0.25) is 5.91 Å². The fourth-order valence-corrected chi connectivity index (χ4v) is 3.60. The molecule has 2 aromatic rings. The standard InChI is InChI=1S/C24H31N3O4/c1-24(2,3)31-23(30)26-14-11-18(12-15-26)16-21(28)25-20-9-7-19(8-10-20)17-27-13-5-4-6-22(27)29/h4-10,13,18H,11-12,14-17H2,1-3H3,(H,25,28). The molecule has 2 heterocycles.